The van der Waals surface area contributed by atoms with Crippen molar-refractivity contribution >= 4 is 61.6 Å². The van der Waals surface area contributed by atoms with Crippen LogP contribution in [0.25, 0.3) is 10.2 Å². The average molecular weight is 361 g/mol. The Hall–Kier alpha value is -2.64. The van der Waals surface area contributed by atoms with Crippen LogP contribution in [0.1, 0.15) is 6.92 Å². The van der Waals surface area contributed by atoms with E-state index in [-0.39, 0.29) is 5.91 Å². The largest absolute Gasteiger partial charge is 0.326 e. The van der Waals surface area contributed by atoms with Gasteiger partial charge in [0.15, 0.2) is 5.13 Å². The highest BCUT2D eigenvalue weighted by Gasteiger charge is 2.09. The van der Waals surface area contributed by atoms with Crippen molar-refractivity contribution in [1.82, 2.24) is 4.98 Å². The smallest absolute Gasteiger partial charge is 0.325 e. The lowest BCUT2D eigenvalue weighted by atomic mass is 10.3. The SMILES string of the molecule is CC(=O)Nc1ccc2nc(NC(=O)Nc3ccc(Cl)cc3)sc2c1. The van der Waals surface area contributed by atoms with Crippen molar-refractivity contribution < 1.29 is 9.59 Å². The number of anilines is 3. The topological polar surface area (TPSA) is 83.1 Å². The fourth-order valence-electron chi connectivity index (χ4n) is 2.05. The summed E-state index contributed by atoms with van der Waals surface area (Å²) in [5.41, 5.74) is 2.07. The van der Waals surface area contributed by atoms with Crippen molar-refractivity contribution in [1.29, 1.82) is 0 Å². The third kappa shape index (κ3) is 4.01. The maximum atomic E-state index is 12.0. The molecule has 2 aromatic carbocycles. The second-order valence-electron chi connectivity index (χ2n) is 4.97. The lowest BCUT2D eigenvalue weighted by Gasteiger charge is -2.04. The number of hydrogen-bond acceptors (Lipinski definition) is 4. The van der Waals surface area contributed by atoms with Gasteiger partial charge in [-0.05, 0) is 42.5 Å². The number of carbonyl (C=O) groups excluding carboxylic acids is 2. The first-order valence-electron chi connectivity index (χ1n) is 7.01. The summed E-state index contributed by atoms with van der Waals surface area (Å²) in [5.74, 6) is -0.139. The number of fused-ring (bicyclic) bond motifs is 1. The van der Waals surface area contributed by atoms with Gasteiger partial charge in [0.1, 0.15) is 0 Å². The van der Waals surface area contributed by atoms with Crippen molar-refractivity contribution in [3.05, 3.63) is 47.5 Å². The fourth-order valence-corrected chi connectivity index (χ4v) is 3.08. The predicted octanol–water partition coefficient (Wildman–Crippen LogP) is 4.55. The maximum Gasteiger partial charge on any atom is 0.325 e. The fraction of sp³-hybridized carbons (Fsp3) is 0.0625. The molecule has 0 bridgehead atoms. The molecule has 3 aromatic rings. The molecule has 3 rings (SSSR count). The molecule has 0 spiro atoms. The first-order valence-corrected chi connectivity index (χ1v) is 8.21. The molecule has 3 amide bonds. The van der Waals surface area contributed by atoms with Gasteiger partial charge >= 0.3 is 6.03 Å². The van der Waals surface area contributed by atoms with Gasteiger partial charge in [-0.3, -0.25) is 10.1 Å². The van der Waals surface area contributed by atoms with Gasteiger partial charge in [-0.25, -0.2) is 9.78 Å². The standard InChI is InChI=1S/C16H13ClN4O2S/c1-9(22)18-12-6-7-13-14(8-12)24-16(20-13)21-15(23)19-11-4-2-10(17)3-5-11/h2-8H,1H3,(H,18,22)(H2,19,20,21,23). The Balaban J connectivity index is 1.71. The number of benzene rings is 2. The average Bonchev–Trinajstić information content (AvgIpc) is 2.90. The van der Waals surface area contributed by atoms with Crippen LogP contribution in [-0.4, -0.2) is 16.9 Å². The van der Waals surface area contributed by atoms with Gasteiger partial charge < -0.3 is 10.6 Å². The number of rotatable bonds is 3. The van der Waals surface area contributed by atoms with E-state index in [0.29, 0.717) is 21.5 Å². The minimum Gasteiger partial charge on any atom is -0.326 e. The lowest BCUT2D eigenvalue weighted by Crippen LogP contribution is -2.19. The summed E-state index contributed by atoms with van der Waals surface area (Å²) in [5, 5.41) is 9.17. The van der Waals surface area contributed by atoms with Gasteiger partial charge in [0.2, 0.25) is 5.91 Å². The van der Waals surface area contributed by atoms with Gasteiger partial charge in [-0.1, -0.05) is 22.9 Å². The zero-order valence-electron chi connectivity index (χ0n) is 12.6. The molecule has 122 valence electrons. The van der Waals surface area contributed by atoms with E-state index in [1.807, 2.05) is 6.07 Å². The molecule has 8 heteroatoms. The number of carbonyl (C=O) groups is 2. The van der Waals surface area contributed by atoms with Gasteiger partial charge in [-0.2, -0.15) is 0 Å². The quantitative estimate of drug-likeness (QED) is 0.640. The Morgan fingerprint density at radius 1 is 1.00 bits per heavy atom. The van der Waals surface area contributed by atoms with Gasteiger partial charge in [0.25, 0.3) is 0 Å². The summed E-state index contributed by atoms with van der Waals surface area (Å²) in [6.45, 7) is 1.45. The van der Waals surface area contributed by atoms with Crippen LogP contribution in [0.5, 0.6) is 0 Å². The summed E-state index contributed by atoms with van der Waals surface area (Å²) in [7, 11) is 0. The molecule has 0 aliphatic heterocycles. The van der Waals surface area contributed by atoms with Crippen LogP contribution in [0.3, 0.4) is 0 Å². The maximum absolute atomic E-state index is 12.0. The molecule has 0 saturated carbocycles. The number of hydrogen-bond donors (Lipinski definition) is 3. The monoisotopic (exact) mass is 360 g/mol. The third-order valence-electron chi connectivity index (χ3n) is 3.03. The van der Waals surface area contributed by atoms with E-state index in [9.17, 15) is 9.59 Å². The Bertz CT molecular complexity index is 908. The first-order chi connectivity index (χ1) is 11.5. The Morgan fingerprint density at radius 2 is 1.71 bits per heavy atom. The summed E-state index contributed by atoms with van der Waals surface area (Å²) in [4.78, 5) is 27.4. The summed E-state index contributed by atoms with van der Waals surface area (Å²) in [6, 6.07) is 11.8. The molecule has 0 radical (unpaired) electrons. The van der Waals surface area contributed by atoms with Crippen LogP contribution in [0.4, 0.5) is 21.3 Å². The molecule has 0 atom stereocenters. The van der Waals surface area contributed by atoms with Gasteiger partial charge in [-0.15, -0.1) is 0 Å². The van der Waals surface area contributed by atoms with Crippen molar-refractivity contribution in [3.8, 4) is 0 Å². The number of halogens is 1. The highest BCUT2D eigenvalue weighted by molar-refractivity contribution is 7.22. The molecule has 0 unspecified atom stereocenters. The molecule has 24 heavy (non-hydrogen) atoms. The number of amides is 3. The molecule has 3 N–H and O–H groups in total. The Morgan fingerprint density at radius 3 is 2.42 bits per heavy atom. The molecule has 0 saturated heterocycles. The first kappa shape index (κ1) is 16.2. The van der Waals surface area contributed by atoms with Gasteiger partial charge in [0.05, 0.1) is 10.2 Å². The lowest BCUT2D eigenvalue weighted by molar-refractivity contribution is -0.114. The minimum atomic E-state index is -0.390. The highest BCUT2D eigenvalue weighted by atomic mass is 35.5. The van der Waals surface area contributed by atoms with Crippen LogP contribution in [0.15, 0.2) is 42.5 Å². The van der Waals surface area contributed by atoms with E-state index in [2.05, 4.69) is 20.9 Å². The van der Waals surface area contributed by atoms with E-state index in [0.717, 1.165) is 10.2 Å². The van der Waals surface area contributed by atoms with Crippen LogP contribution >= 0.6 is 22.9 Å². The molecule has 1 heterocycles. The van der Waals surface area contributed by atoms with Crippen LogP contribution in [-0.2, 0) is 4.79 Å². The minimum absolute atomic E-state index is 0.139. The molecule has 0 aliphatic carbocycles. The summed E-state index contributed by atoms with van der Waals surface area (Å²) < 4.78 is 0.864. The zero-order valence-corrected chi connectivity index (χ0v) is 14.2. The number of urea groups is 1. The van der Waals surface area contributed by atoms with Crippen molar-refractivity contribution in [2.75, 3.05) is 16.0 Å². The highest BCUT2D eigenvalue weighted by Crippen LogP contribution is 2.28. The number of thiazole rings is 1. The summed E-state index contributed by atoms with van der Waals surface area (Å²) in [6.07, 6.45) is 0. The Labute approximate surface area is 146 Å². The molecule has 6 nitrogen and oxygen atoms in total. The van der Waals surface area contributed by atoms with E-state index >= 15 is 0 Å². The second-order valence-corrected chi connectivity index (χ2v) is 6.44. The number of nitrogens with one attached hydrogen (secondary N) is 3. The molecule has 0 fully saturated rings. The van der Waals surface area contributed by atoms with E-state index in [4.69, 9.17) is 11.6 Å². The summed E-state index contributed by atoms with van der Waals surface area (Å²) >= 11 is 7.13. The van der Waals surface area contributed by atoms with Gasteiger partial charge in [0, 0.05) is 23.3 Å². The van der Waals surface area contributed by atoms with E-state index in [1.54, 1.807) is 36.4 Å². The van der Waals surface area contributed by atoms with Crippen molar-refractivity contribution in [3.63, 3.8) is 0 Å². The van der Waals surface area contributed by atoms with E-state index < -0.39 is 6.03 Å². The zero-order chi connectivity index (χ0) is 17.1. The van der Waals surface area contributed by atoms with Crippen LogP contribution < -0.4 is 16.0 Å². The van der Waals surface area contributed by atoms with E-state index in [1.165, 1.54) is 18.3 Å². The van der Waals surface area contributed by atoms with Crippen LogP contribution in [0.2, 0.25) is 5.02 Å². The van der Waals surface area contributed by atoms with Crippen molar-refractivity contribution in [2.24, 2.45) is 0 Å². The van der Waals surface area contributed by atoms with Crippen LogP contribution in [0, 0.1) is 0 Å². The third-order valence-corrected chi connectivity index (χ3v) is 4.22. The number of nitrogens with zero attached hydrogens (tertiary/aromatic N) is 1. The molecular formula is C16H13ClN4O2S. The number of aromatic nitrogens is 1. The van der Waals surface area contributed by atoms with Crippen molar-refractivity contribution in [2.45, 2.75) is 6.92 Å². The normalized spacial score (nSPS) is 10.4. The molecular weight excluding hydrogens is 348 g/mol. The Kier molecular flexibility index (Phi) is 4.64. The predicted molar refractivity (Wildman–Crippen MR) is 98.0 cm³/mol. The second kappa shape index (κ2) is 6.86. The molecule has 1 aromatic heterocycles. The molecule has 0 aliphatic rings.